The Morgan fingerprint density at radius 2 is 1.44 bits per heavy atom. The molecule has 2 aromatic carbocycles. The minimum Gasteiger partial charge on any atom is -0.282 e. The molecule has 0 unspecified atom stereocenters. The number of aromatic nitrogens is 3. The van der Waals surface area contributed by atoms with Crippen LogP contribution in [0.1, 0.15) is 75.8 Å². The van der Waals surface area contributed by atoms with Crippen molar-refractivity contribution in [1.82, 2.24) is 15.2 Å². The maximum absolute atomic E-state index is 4.96. The van der Waals surface area contributed by atoms with E-state index in [4.69, 9.17) is 10.1 Å². The van der Waals surface area contributed by atoms with Gasteiger partial charge in [-0.05, 0) is 65.0 Å². The van der Waals surface area contributed by atoms with Gasteiger partial charge in [0, 0.05) is 23.0 Å². The van der Waals surface area contributed by atoms with Gasteiger partial charge in [-0.3, -0.25) is 10.1 Å². The molecule has 0 bridgehead atoms. The van der Waals surface area contributed by atoms with Gasteiger partial charge >= 0.3 is 0 Å². The lowest BCUT2D eigenvalue weighted by Gasteiger charge is -2.20. The fourth-order valence-electron chi connectivity index (χ4n) is 4.87. The zero-order chi connectivity index (χ0) is 24.4. The lowest BCUT2D eigenvalue weighted by molar-refractivity contribution is 0.648. The van der Waals surface area contributed by atoms with Crippen molar-refractivity contribution >= 4 is 0 Å². The van der Waals surface area contributed by atoms with Crippen LogP contribution in [0.25, 0.3) is 33.6 Å². The van der Waals surface area contributed by atoms with Crippen molar-refractivity contribution < 1.29 is 0 Å². The second-order valence-electron chi connectivity index (χ2n) is 10.4. The Balaban J connectivity index is 1.93. The van der Waals surface area contributed by atoms with Crippen LogP contribution >= 0.6 is 0 Å². The predicted molar refractivity (Wildman–Crippen MR) is 144 cm³/mol. The Hall–Kier alpha value is -3.20. The van der Waals surface area contributed by atoms with Gasteiger partial charge in [-0.2, -0.15) is 5.10 Å². The number of rotatable bonds is 7. The smallest absolute Gasteiger partial charge is 0.119 e. The fraction of sp³-hybridized carbons (Fsp3) is 0.355. The van der Waals surface area contributed by atoms with Crippen LogP contribution in [-0.2, 0) is 6.42 Å². The van der Waals surface area contributed by atoms with Gasteiger partial charge in [-0.1, -0.05) is 90.1 Å². The lowest BCUT2D eigenvalue weighted by Crippen LogP contribution is -2.02. The third-order valence-corrected chi connectivity index (χ3v) is 6.52. The summed E-state index contributed by atoms with van der Waals surface area (Å²) in [5.74, 6) is 1.38. The molecule has 3 heteroatoms. The van der Waals surface area contributed by atoms with Crippen LogP contribution in [0, 0.1) is 12.8 Å². The molecule has 3 nitrogen and oxygen atoms in total. The van der Waals surface area contributed by atoms with Gasteiger partial charge < -0.3 is 0 Å². The van der Waals surface area contributed by atoms with Crippen molar-refractivity contribution in [1.29, 1.82) is 0 Å². The Labute approximate surface area is 204 Å². The Morgan fingerprint density at radius 1 is 0.794 bits per heavy atom. The summed E-state index contributed by atoms with van der Waals surface area (Å²) < 4.78 is 0. The molecule has 0 spiro atoms. The summed E-state index contributed by atoms with van der Waals surface area (Å²) in [6, 6.07) is 19.5. The topological polar surface area (TPSA) is 41.6 Å². The van der Waals surface area contributed by atoms with E-state index in [1.54, 1.807) is 0 Å². The quantitative estimate of drug-likeness (QED) is 0.306. The molecule has 0 atom stereocenters. The first-order chi connectivity index (χ1) is 16.3. The molecular weight excluding hydrogens is 414 g/mol. The largest absolute Gasteiger partial charge is 0.282 e. The van der Waals surface area contributed by atoms with Crippen LogP contribution in [0.3, 0.4) is 0 Å². The van der Waals surface area contributed by atoms with Crippen LogP contribution in [0.2, 0.25) is 0 Å². The maximum atomic E-state index is 4.96. The van der Waals surface area contributed by atoms with Gasteiger partial charge in [0.05, 0.1) is 5.69 Å². The van der Waals surface area contributed by atoms with E-state index < -0.39 is 0 Å². The average molecular weight is 452 g/mol. The molecule has 0 amide bonds. The SMILES string of the molecule is Cc1[nH]nc(-c2cc(CC(C)C)c(-c3ccccc3)cn2)c1-c1c(C(C)C)cccc1C(C)C. The lowest BCUT2D eigenvalue weighted by atomic mass is 9.83. The number of pyridine rings is 1. The number of aryl methyl sites for hydroxylation is 1. The van der Waals surface area contributed by atoms with Crippen LogP contribution in [0.4, 0.5) is 0 Å². The molecule has 0 fully saturated rings. The van der Waals surface area contributed by atoms with Gasteiger partial charge in [0.25, 0.3) is 0 Å². The molecule has 4 rings (SSSR count). The van der Waals surface area contributed by atoms with E-state index in [0.29, 0.717) is 17.8 Å². The Kier molecular flexibility index (Phi) is 7.02. The molecule has 0 aliphatic rings. The summed E-state index contributed by atoms with van der Waals surface area (Å²) in [7, 11) is 0. The van der Waals surface area contributed by atoms with Crippen LogP contribution < -0.4 is 0 Å². The van der Waals surface area contributed by atoms with Gasteiger partial charge in [-0.25, -0.2) is 0 Å². The van der Waals surface area contributed by atoms with E-state index >= 15 is 0 Å². The van der Waals surface area contributed by atoms with Crippen molar-refractivity contribution in [2.45, 2.75) is 66.7 Å². The second kappa shape index (κ2) is 9.97. The highest BCUT2D eigenvalue weighted by Crippen LogP contribution is 2.42. The van der Waals surface area contributed by atoms with Crippen molar-refractivity contribution in [3.05, 3.63) is 83.2 Å². The van der Waals surface area contributed by atoms with Crippen LogP contribution in [-0.4, -0.2) is 15.2 Å². The van der Waals surface area contributed by atoms with E-state index in [2.05, 4.69) is 108 Å². The third-order valence-electron chi connectivity index (χ3n) is 6.52. The molecular formula is C31H37N3. The average Bonchev–Trinajstić information content (AvgIpc) is 3.19. The van der Waals surface area contributed by atoms with E-state index in [-0.39, 0.29) is 0 Å². The first-order valence-corrected chi connectivity index (χ1v) is 12.5. The van der Waals surface area contributed by atoms with Gasteiger partial charge in [-0.15, -0.1) is 0 Å². The number of nitrogens with zero attached hydrogens (tertiary/aromatic N) is 2. The summed E-state index contributed by atoms with van der Waals surface area (Å²) in [5.41, 5.74) is 11.9. The zero-order valence-corrected chi connectivity index (χ0v) is 21.6. The first kappa shape index (κ1) is 23.9. The third kappa shape index (κ3) is 4.70. The number of H-pyrrole nitrogens is 1. The number of nitrogens with one attached hydrogen (secondary N) is 1. The zero-order valence-electron chi connectivity index (χ0n) is 21.6. The highest BCUT2D eigenvalue weighted by molar-refractivity contribution is 5.86. The second-order valence-corrected chi connectivity index (χ2v) is 10.4. The minimum absolute atomic E-state index is 0.417. The van der Waals surface area contributed by atoms with E-state index in [0.717, 1.165) is 23.5 Å². The summed E-state index contributed by atoms with van der Waals surface area (Å²) in [6.07, 6.45) is 3.03. The molecule has 2 heterocycles. The number of aromatic amines is 1. The normalized spacial score (nSPS) is 11.7. The molecule has 0 aliphatic carbocycles. The van der Waals surface area contributed by atoms with E-state index in [1.807, 2.05) is 6.20 Å². The van der Waals surface area contributed by atoms with E-state index in [9.17, 15) is 0 Å². The summed E-state index contributed by atoms with van der Waals surface area (Å²) in [4.78, 5) is 4.96. The van der Waals surface area contributed by atoms with Gasteiger partial charge in [0.1, 0.15) is 5.69 Å². The summed E-state index contributed by atoms with van der Waals surface area (Å²) in [5, 5.41) is 8.08. The maximum Gasteiger partial charge on any atom is 0.119 e. The Bertz CT molecular complexity index is 1240. The molecule has 2 aromatic heterocycles. The van der Waals surface area contributed by atoms with Crippen molar-refractivity contribution in [2.24, 2.45) is 5.92 Å². The molecule has 4 aromatic rings. The molecule has 176 valence electrons. The van der Waals surface area contributed by atoms with Crippen molar-refractivity contribution in [3.8, 4) is 33.6 Å². The molecule has 0 saturated heterocycles. The number of hydrogen-bond acceptors (Lipinski definition) is 2. The monoisotopic (exact) mass is 451 g/mol. The number of benzene rings is 2. The Morgan fingerprint density at radius 3 is 2.03 bits per heavy atom. The fourth-order valence-corrected chi connectivity index (χ4v) is 4.87. The van der Waals surface area contributed by atoms with Crippen LogP contribution in [0.15, 0.2) is 60.8 Å². The standard InChI is InChI=1S/C31H37N3/c1-19(2)16-24-17-28(32-18-27(24)23-12-9-8-10-13-23)31-29(22(7)33-34-31)30-25(20(3)4)14-11-15-26(30)21(5)6/h8-15,17-21H,16H2,1-7H3,(H,33,34). The molecule has 0 saturated carbocycles. The molecule has 0 aliphatic heterocycles. The molecule has 0 radical (unpaired) electrons. The highest BCUT2D eigenvalue weighted by Gasteiger charge is 2.24. The van der Waals surface area contributed by atoms with Crippen molar-refractivity contribution in [3.63, 3.8) is 0 Å². The molecule has 1 N–H and O–H groups in total. The van der Waals surface area contributed by atoms with Gasteiger partial charge in [0.15, 0.2) is 0 Å². The summed E-state index contributed by atoms with van der Waals surface area (Å²) >= 11 is 0. The summed E-state index contributed by atoms with van der Waals surface area (Å²) in [6.45, 7) is 15.7. The van der Waals surface area contributed by atoms with E-state index in [1.165, 1.54) is 38.9 Å². The number of hydrogen-bond donors (Lipinski definition) is 1. The molecule has 34 heavy (non-hydrogen) atoms. The van der Waals surface area contributed by atoms with Crippen molar-refractivity contribution in [2.75, 3.05) is 0 Å². The highest BCUT2D eigenvalue weighted by atomic mass is 15.1. The van der Waals surface area contributed by atoms with Crippen LogP contribution in [0.5, 0.6) is 0 Å². The van der Waals surface area contributed by atoms with Gasteiger partial charge in [0.2, 0.25) is 0 Å². The first-order valence-electron chi connectivity index (χ1n) is 12.5. The minimum atomic E-state index is 0.417. The predicted octanol–water partition coefficient (Wildman–Crippen LogP) is 8.56.